The molecule has 0 saturated heterocycles. The number of rotatable bonds is 3. The minimum absolute atomic E-state index is 0.102. The van der Waals surface area contributed by atoms with E-state index < -0.39 is 4.92 Å². The van der Waals surface area contributed by atoms with Crippen LogP contribution in [0.25, 0.3) is 17.4 Å². The van der Waals surface area contributed by atoms with Crippen molar-refractivity contribution >= 4 is 27.7 Å². The molecule has 2 rings (SSSR count). The normalized spacial score (nSPS) is 9.48. The van der Waals surface area contributed by atoms with E-state index in [4.69, 9.17) is 14.9 Å². The summed E-state index contributed by atoms with van der Waals surface area (Å²) in [6.07, 6.45) is 1.27. The number of benzene rings is 1. The van der Waals surface area contributed by atoms with Crippen molar-refractivity contribution < 1.29 is 9.34 Å². The van der Waals surface area contributed by atoms with E-state index in [1.807, 2.05) is 0 Å². The van der Waals surface area contributed by atoms with E-state index in [2.05, 4.69) is 15.9 Å². The molecule has 1 aromatic heterocycles. The van der Waals surface area contributed by atoms with Crippen LogP contribution in [-0.2, 0) is 0 Å². The standard InChI is InChI=1S/C14H6BrN3O3/c15-10-1-3-12(13(6-10)18(19)20)14-4-2-11(21-14)5-9(7-16)8-17/h1-6H. The van der Waals surface area contributed by atoms with Gasteiger partial charge in [0, 0.05) is 16.6 Å². The van der Waals surface area contributed by atoms with Crippen molar-refractivity contribution in [1.29, 1.82) is 10.5 Å². The van der Waals surface area contributed by atoms with Gasteiger partial charge >= 0.3 is 0 Å². The summed E-state index contributed by atoms with van der Waals surface area (Å²) in [5.74, 6) is 0.566. The van der Waals surface area contributed by atoms with Crippen molar-refractivity contribution in [2.45, 2.75) is 0 Å². The number of furan rings is 1. The number of nitro groups is 1. The zero-order valence-electron chi connectivity index (χ0n) is 10.4. The first-order chi connectivity index (χ1) is 10.0. The molecule has 0 N–H and O–H groups in total. The topological polar surface area (TPSA) is 104 Å². The molecule has 1 aromatic carbocycles. The number of nitro benzene ring substituents is 1. The van der Waals surface area contributed by atoms with E-state index >= 15 is 0 Å². The molecule has 0 unspecified atom stereocenters. The molecule has 0 aliphatic carbocycles. The van der Waals surface area contributed by atoms with Crippen molar-refractivity contribution in [1.82, 2.24) is 0 Å². The highest BCUT2D eigenvalue weighted by Gasteiger charge is 2.18. The fourth-order valence-corrected chi connectivity index (χ4v) is 2.02. The summed E-state index contributed by atoms with van der Waals surface area (Å²) >= 11 is 3.18. The first-order valence-corrected chi connectivity index (χ1v) is 6.40. The van der Waals surface area contributed by atoms with Crippen LogP contribution in [0.2, 0.25) is 0 Å². The summed E-state index contributed by atoms with van der Waals surface area (Å²) in [7, 11) is 0. The minimum Gasteiger partial charge on any atom is -0.456 e. The van der Waals surface area contributed by atoms with Gasteiger partial charge in [0.2, 0.25) is 0 Å². The second-order valence-corrected chi connectivity index (χ2v) is 4.82. The molecule has 6 nitrogen and oxygen atoms in total. The highest BCUT2D eigenvalue weighted by Crippen LogP contribution is 2.33. The van der Waals surface area contributed by atoms with Crippen LogP contribution >= 0.6 is 15.9 Å². The fraction of sp³-hybridized carbons (Fsp3) is 0. The van der Waals surface area contributed by atoms with Crippen molar-refractivity contribution in [2.75, 3.05) is 0 Å². The summed E-state index contributed by atoms with van der Waals surface area (Å²) in [6.45, 7) is 0. The average Bonchev–Trinajstić information content (AvgIpc) is 2.93. The third kappa shape index (κ3) is 3.16. The van der Waals surface area contributed by atoms with Gasteiger partial charge in [-0.05, 0) is 24.3 Å². The van der Waals surface area contributed by atoms with Gasteiger partial charge in [-0.2, -0.15) is 10.5 Å². The molecule has 0 amide bonds. The Bertz CT molecular complexity index is 809. The number of hydrogen-bond donors (Lipinski definition) is 0. The Hall–Kier alpha value is -2.90. The van der Waals surface area contributed by atoms with Gasteiger partial charge in [0.15, 0.2) is 0 Å². The zero-order valence-corrected chi connectivity index (χ0v) is 12.0. The monoisotopic (exact) mass is 343 g/mol. The van der Waals surface area contributed by atoms with Crippen molar-refractivity contribution in [3.63, 3.8) is 0 Å². The average molecular weight is 344 g/mol. The van der Waals surface area contributed by atoms with Crippen LogP contribution in [0.4, 0.5) is 5.69 Å². The molecule has 0 fully saturated rings. The van der Waals surface area contributed by atoms with Crippen LogP contribution in [0, 0.1) is 32.8 Å². The van der Waals surface area contributed by atoms with Crippen LogP contribution in [0.3, 0.4) is 0 Å². The molecule has 1 heterocycles. The maximum atomic E-state index is 11.1. The Balaban J connectivity index is 2.49. The Morgan fingerprint density at radius 1 is 1.29 bits per heavy atom. The molecule has 0 bridgehead atoms. The van der Waals surface area contributed by atoms with Crippen LogP contribution in [-0.4, -0.2) is 4.92 Å². The van der Waals surface area contributed by atoms with Gasteiger partial charge in [-0.3, -0.25) is 10.1 Å². The van der Waals surface area contributed by atoms with Gasteiger partial charge in [0.05, 0.1) is 10.5 Å². The van der Waals surface area contributed by atoms with E-state index in [0.717, 1.165) is 0 Å². The van der Waals surface area contributed by atoms with Crippen LogP contribution in [0.1, 0.15) is 5.76 Å². The number of nitrogens with zero attached hydrogens (tertiary/aromatic N) is 3. The quantitative estimate of drug-likeness (QED) is 0.475. The van der Waals surface area contributed by atoms with E-state index in [0.29, 0.717) is 10.0 Å². The number of halogens is 1. The smallest absolute Gasteiger partial charge is 0.281 e. The summed E-state index contributed by atoms with van der Waals surface area (Å²) in [5, 5.41) is 28.4. The van der Waals surface area contributed by atoms with E-state index in [9.17, 15) is 10.1 Å². The molecular formula is C14H6BrN3O3. The maximum absolute atomic E-state index is 11.1. The lowest BCUT2D eigenvalue weighted by molar-refractivity contribution is -0.384. The summed E-state index contributed by atoms with van der Waals surface area (Å²) in [5.41, 5.74) is 0.106. The van der Waals surface area contributed by atoms with Gasteiger partial charge in [0.1, 0.15) is 29.2 Å². The summed E-state index contributed by atoms with van der Waals surface area (Å²) in [6, 6.07) is 11.1. The van der Waals surface area contributed by atoms with E-state index in [-0.39, 0.29) is 22.8 Å². The number of nitriles is 2. The predicted molar refractivity (Wildman–Crippen MR) is 77.7 cm³/mol. The zero-order chi connectivity index (χ0) is 15.4. The highest BCUT2D eigenvalue weighted by molar-refractivity contribution is 9.10. The SMILES string of the molecule is N#CC(C#N)=Cc1ccc(-c2ccc(Br)cc2[N+](=O)[O-])o1. The molecule has 102 valence electrons. The molecule has 2 aromatic rings. The lowest BCUT2D eigenvalue weighted by atomic mass is 10.1. The molecule has 0 radical (unpaired) electrons. The van der Waals surface area contributed by atoms with Gasteiger partial charge in [-0.1, -0.05) is 15.9 Å². The number of hydrogen-bond acceptors (Lipinski definition) is 5. The molecular weight excluding hydrogens is 338 g/mol. The lowest BCUT2D eigenvalue weighted by Gasteiger charge is -2.00. The van der Waals surface area contributed by atoms with Crippen LogP contribution in [0.5, 0.6) is 0 Å². The predicted octanol–water partition coefficient (Wildman–Crippen LogP) is 4.05. The minimum atomic E-state index is -0.506. The Morgan fingerprint density at radius 2 is 2.00 bits per heavy atom. The van der Waals surface area contributed by atoms with E-state index in [1.54, 1.807) is 30.3 Å². The van der Waals surface area contributed by atoms with Crippen LogP contribution < -0.4 is 0 Å². The molecule has 0 aliphatic rings. The third-order valence-electron chi connectivity index (χ3n) is 2.58. The van der Waals surface area contributed by atoms with Gasteiger partial charge in [0.25, 0.3) is 5.69 Å². The first-order valence-electron chi connectivity index (χ1n) is 5.61. The highest BCUT2D eigenvalue weighted by atomic mass is 79.9. The lowest BCUT2D eigenvalue weighted by Crippen LogP contribution is -1.91. The van der Waals surface area contributed by atoms with E-state index in [1.165, 1.54) is 18.2 Å². The second-order valence-electron chi connectivity index (χ2n) is 3.90. The molecule has 0 aliphatic heterocycles. The second kappa shape index (κ2) is 6.04. The molecule has 7 heteroatoms. The Morgan fingerprint density at radius 3 is 2.62 bits per heavy atom. The van der Waals surface area contributed by atoms with Crippen LogP contribution in [0.15, 0.2) is 44.8 Å². The van der Waals surface area contributed by atoms with Gasteiger partial charge < -0.3 is 4.42 Å². The first kappa shape index (κ1) is 14.5. The maximum Gasteiger partial charge on any atom is 0.281 e. The van der Waals surface area contributed by atoms with Crippen molar-refractivity contribution in [2.24, 2.45) is 0 Å². The largest absolute Gasteiger partial charge is 0.456 e. The summed E-state index contributed by atoms with van der Waals surface area (Å²) in [4.78, 5) is 10.6. The summed E-state index contributed by atoms with van der Waals surface area (Å²) < 4.78 is 6.02. The third-order valence-corrected chi connectivity index (χ3v) is 3.07. The Kier molecular flexibility index (Phi) is 4.17. The van der Waals surface area contributed by atoms with Gasteiger partial charge in [-0.25, -0.2) is 0 Å². The fourth-order valence-electron chi connectivity index (χ4n) is 1.67. The molecule has 21 heavy (non-hydrogen) atoms. The van der Waals surface area contributed by atoms with Crippen molar-refractivity contribution in [3.05, 3.63) is 56.3 Å². The number of allylic oxidation sites excluding steroid dienone is 1. The molecule has 0 saturated carbocycles. The Labute approximate surface area is 127 Å². The molecule has 0 atom stereocenters. The molecule has 0 spiro atoms. The van der Waals surface area contributed by atoms with Gasteiger partial charge in [-0.15, -0.1) is 0 Å². The van der Waals surface area contributed by atoms with Crippen molar-refractivity contribution in [3.8, 4) is 23.5 Å².